The summed E-state index contributed by atoms with van der Waals surface area (Å²) >= 11 is 1.54. The molecule has 5 heteroatoms. The number of carboxylic acid groups (broad SMARTS) is 1. The molecule has 1 aliphatic carbocycles. The van der Waals surface area contributed by atoms with Crippen molar-refractivity contribution < 1.29 is 14.7 Å². The lowest BCUT2D eigenvalue weighted by Crippen LogP contribution is -2.40. The van der Waals surface area contributed by atoms with Crippen LogP contribution >= 0.6 is 11.3 Å². The molecule has 0 atom stereocenters. The van der Waals surface area contributed by atoms with E-state index < -0.39 is 5.97 Å². The Labute approximate surface area is 123 Å². The summed E-state index contributed by atoms with van der Waals surface area (Å²) in [4.78, 5) is 25.8. The third-order valence-corrected chi connectivity index (χ3v) is 4.66. The first-order valence-corrected chi connectivity index (χ1v) is 8.05. The fourth-order valence-corrected chi connectivity index (χ4v) is 3.47. The molecule has 0 spiro atoms. The monoisotopic (exact) mass is 295 g/mol. The first-order chi connectivity index (χ1) is 9.65. The minimum absolute atomic E-state index is 0.0691. The lowest BCUT2D eigenvalue weighted by Gasteiger charge is -2.28. The Kier molecular flexibility index (Phi) is 5.59. The van der Waals surface area contributed by atoms with Crippen molar-refractivity contribution in [3.8, 4) is 0 Å². The fraction of sp³-hybridized carbons (Fsp3) is 0.600. The van der Waals surface area contributed by atoms with Gasteiger partial charge in [0.1, 0.15) is 6.54 Å². The van der Waals surface area contributed by atoms with E-state index in [1.807, 2.05) is 17.5 Å². The molecule has 20 heavy (non-hydrogen) atoms. The van der Waals surface area contributed by atoms with Gasteiger partial charge in [0.2, 0.25) is 5.91 Å². The van der Waals surface area contributed by atoms with E-state index in [1.165, 1.54) is 35.5 Å². The van der Waals surface area contributed by atoms with E-state index >= 15 is 0 Å². The highest BCUT2D eigenvalue weighted by Crippen LogP contribution is 2.24. The van der Waals surface area contributed by atoms with Crippen molar-refractivity contribution in [2.45, 2.75) is 38.5 Å². The molecule has 2 rings (SSSR count). The predicted molar refractivity (Wildman–Crippen MR) is 78.8 cm³/mol. The molecule has 1 heterocycles. The SMILES string of the molecule is O=C(O)CN(CC1CCCCC1)C(=O)Cc1cccs1. The molecule has 0 aliphatic heterocycles. The number of thiophene rings is 1. The maximum atomic E-state index is 12.3. The quantitative estimate of drug-likeness (QED) is 0.878. The van der Waals surface area contributed by atoms with Crippen LogP contribution in [0.15, 0.2) is 17.5 Å². The topological polar surface area (TPSA) is 57.6 Å². The predicted octanol–water partition coefficient (Wildman–Crippen LogP) is 2.78. The van der Waals surface area contributed by atoms with Gasteiger partial charge in [-0.05, 0) is 30.2 Å². The number of hydrogen-bond acceptors (Lipinski definition) is 3. The van der Waals surface area contributed by atoms with Gasteiger partial charge in [-0.3, -0.25) is 9.59 Å². The van der Waals surface area contributed by atoms with Gasteiger partial charge in [-0.15, -0.1) is 11.3 Å². The number of carbonyl (C=O) groups excluding carboxylic acids is 1. The number of amides is 1. The van der Waals surface area contributed by atoms with Crippen LogP contribution in [0.3, 0.4) is 0 Å². The summed E-state index contributed by atoms with van der Waals surface area (Å²) in [6, 6.07) is 3.83. The van der Waals surface area contributed by atoms with Gasteiger partial charge in [0.15, 0.2) is 0 Å². The van der Waals surface area contributed by atoms with Crippen LogP contribution in [-0.2, 0) is 16.0 Å². The summed E-state index contributed by atoms with van der Waals surface area (Å²) in [5.41, 5.74) is 0. The molecule has 0 unspecified atom stereocenters. The number of hydrogen-bond donors (Lipinski definition) is 1. The van der Waals surface area contributed by atoms with Crippen molar-refractivity contribution in [3.63, 3.8) is 0 Å². The highest BCUT2D eigenvalue weighted by molar-refractivity contribution is 7.10. The molecule has 1 amide bonds. The summed E-state index contributed by atoms with van der Waals surface area (Å²) in [5.74, 6) is -0.531. The summed E-state index contributed by atoms with van der Waals surface area (Å²) in [5, 5.41) is 10.9. The van der Waals surface area contributed by atoms with Gasteiger partial charge in [0.05, 0.1) is 6.42 Å². The number of aliphatic carboxylic acids is 1. The number of carboxylic acids is 1. The molecule has 4 nitrogen and oxygen atoms in total. The average Bonchev–Trinajstić information content (AvgIpc) is 2.91. The zero-order valence-electron chi connectivity index (χ0n) is 11.6. The molecule has 0 radical (unpaired) electrons. The van der Waals surface area contributed by atoms with Crippen LogP contribution < -0.4 is 0 Å². The summed E-state index contributed by atoms with van der Waals surface area (Å²) in [6.07, 6.45) is 6.20. The highest BCUT2D eigenvalue weighted by atomic mass is 32.1. The molecule has 1 fully saturated rings. The fourth-order valence-electron chi connectivity index (χ4n) is 2.77. The lowest BCUT2D eigenvalue weighted by atomic mass is 9.89. The number of rotatable bonds is 6. The maximum Gasteiger partial charge on any atom is 0.323 e. The molecule has 1 N–H and O–H groups in total. The second-order valence-corrected chi connectivity index (χ2v) is 6.46. The normalized spacial score (nSPS) is 16.0. The van der Waals surface area contributed by atoms with E-state index in [-0.39, 0.29) is 12.5 Å². The Bertz CT molecular complexity index is 438. The molecule has 110 valence electrons. The molecule has 1 saturated carbocycles. The number of carbonyl (C=O) groups is 2. The highest BCUT2D eigenvalue weighted by Gasteiger charge is 2.22. The standard InChI is InChI=1S/C15H21NO3S/c17-14(9-13-7-4-8-20-13)16(11-15(18)19)10-12-5-2-1-3-6-12/h4,7-8,12H,1-3,5-6,9-11H2,(H,18,19). The van der Waals surface area contributed by atoms with Gasteiger partial charge in [0, 0.05) is 11.4 Å². The Hall–Kier alpha value is -1.36. The van der Waals surface area contributed by atoms with Crippen molar-refractivity contribution in [1.29, 1.82) is 0 Å². The molecule has 1 aliphatic rings. The van der Waals surface area contributed by atoms with Gasteiger partial charge >= 0.3 is 5.97 Å². The largest absolute Gasteiger partial charge is 0.480 e. The third-order valence-electron chi connectivity index (χ3n) is 3.79. The van der Waals surface area contributed by atoms with Crippen molar-refractivity contribution in [1.82, 2.24) is 4.90 Å². The van der Waals surface area contributed by atoms with Crippen LogP contribution in [0.4, 0.5) is 0 Å². The Balaban J connectivity index is 1.94. The van der Waals surface area contributed by atoms with Crippen LogP contribution in [0.25, 0.3) is 0 Å². The Morgan fingerprint density at radius 3 is 2.65 bits per heavy atom. The van der Waals surface area contributed by atoms with E-state index in [4.69, 9.17) is 5.11 Å². The van der Waals surface area contributed by atoms with Crippen molar-refractivity contribution in [2.75, 3.05) is 13.1 Å². The van der Waals surface area contributed by atoms with Crippen LogP contribution in [-0.4, -0.2) is 35.0 Å². The molecule has 1 aromatic rings. The van der Waals surface area contributed by atoms with Gasteiger partial charge < -0.3 is 10.0 Å². The zero-order chi connectivity index (χ0) is 14.4. The van der Waals surface area contributed by atoms with Crippen LogP contribution in [0.1, 0.15) is 37.0 Å². The second-order valence-electron chi connectivity index (χ2n) is 5.43. The first-order valence-electron chi connectivity index (χ1n) is 7.17. The van der Waals surface area contributed by atoms with Crippen molar-refractivity contribution in [3.05, 3.63) is 22.4 Å². The molecule has 0 aromatic carbocycles. The average molecular weight is 295 g/mol. The number of nitrogens with zero attached hydrogens (tertiary/aromatic N) is 1. The van der Waals surface area contributed by atoms with E-state index in [0.29, 0.717) is 18.9 Å². The molecule has 0 saturated heterocycles. The van der Waals surface area contributed by atoms with E-state index in [9.17, 15) is 9.59 Å². The van der Waals surface area contributed by atoms with Crippen LogP contribution in [0.2, 0.25) is 0 Å². The van der Waals surface area contributed by atoms with Gasteiger partial charge in [-0.2, -0.15) is 0 Å². The van der Waals surface area contributed by atoms with E-state index in [0.717, 1.165) is 17.7 Å². The minimum Gasteiger partial charge on any atom is -0.480 e. The van der Waals surface area contributed by atoms with Gasteiger partial charge in [-0.1, -0.05) is 25.3 Å². The summed E-state index contributed by atoms with van der Waals surface area (Å²) in [7, 11) is 0. The van der Waals surface area contributed by atoms with Gasteiger partial charge in [0.25, 0.3) is 0 Å². The first kappa shape index (κ1) is 15.0. The maximum absolute atomic E-state index is 12.3. The molecule has 1 aromatic heterocycles. The summed E-state index contributed by atoms with van der Waals surface area (Å²) in [6.45, 7) is 0.414. The van der Waals surface area contributed by atoms with Crippen molar-refractivity contribution >= 4 is 23.2 Å². The van der Waals surface area contributed by atoms with Crippen LogP contribution in [0.5, 0.6) is 0 Å². The van der Waals surface area contributed by atoms with Crippen LogP contribution in [0, 0.1) is 5.92 Å². The minimum atomic E-state index is -0.930. The van der Waals surface area contributed by atoms with Gasteiger partial charge in [-0.25, -0.2) is 0 Å². The van der Waals surface area contributed by atoms with E-state index in [1.54, 1.807) is 0 Å². The van der Waals surface area contributed by atoms with Crippen molar-refractivity contribution in [2.24, 2.45) is 5.92 Å². The molecular weight excluding hydrogens is 274 g/mol. The Morgan fingerprint density at radius 1 is 1.30 bits per heavy atom. The second kappa shape index (κ2) is 7.43. The summed E-state index contributed by atoms with van der Waals surface area (Å²) < 4.78 is 0. The molecule has 0 bridgehead atoms. The third kappa shape index (κ3) is 4.63. The Morgan fingerprint density at radius 2 is 2.05 bits per heavy atom. The zero-order valence-corrected chi connectivity index (χ0v) is 12.4. The lowest BCUT2D eigenvalue weighted by molar-refractivity contribution is -0.144. The smallest absolute Gasteiger partial charge is 0.323 e. The molecular formula is C15H21NO3S. The van der Waals surface area contributed by atoms with E-state index in [2.05, 4.69) is 0 Å².